The van der Waals surface area contributed by atoms with Gasteiger partial charge in [-0.2, -0.15) is 13.5 Å². The fraction of sp³-hybridized carbons (Fsp3) is 0.120. The molecule has 8 nitrogen and oxygen atoms in total. The molecule has 0 aliphatic rings. The molecule has 11 heteroatoms. The Balaban J connectivity index is 1.68. The topological polar surface area (TPSA) is 85.1 Å². The highest BCUT2D eigenvalue weighted by atomic mass is 32.2. The van der Waals surface area contributed by atoms with Gasteiger partial charge in [0.25, 0.3) is 0 Å². The first-order chi connectivity index (χ1) is 17.2. The van der Waals surface area contributed by atoms with Gasteiger partial charge in [-0.1, -0.05) is 6.07 Å². The van der Waals surface area contributed by atoms with E-state index in [1.54, 1.807) is 33.9 Å². The first-order valence-corrected chi connectivity index (χ1v) is 12.3. The van der Waals surface area contributed by atoms with E-state index in [-0.39, 0.29) is 11.3 Å². The lowest BCUT2D eigenvalue weighted by Crippen LogP contribution is -2.36. The maximum absolute atomic E-state index is 14.7. The van der Waals surface area contributed by atoms with E-state index in [0.29, 0.717) is 16.8 Å². The first-order valence-electron chi connectivity index (χ1n) is 10.9. The SMILES string of the molecule is CNS(=O)(=O)N(C)c1cc(-c2ccc(F)cc2F)cc(-n2cnc3cc(-c4cnn(C)c4)ccc32)c1. The van der Waals surface area contributed by atoms with Crippen molar-refractivity contribution in [1.29, 1.82) is 0 Å². The molecular weight excluding hydrogens is 486 g/mol. The standard InChI is InChI=1S/C25H22F2N6O2S/c1-28-36(34,35)32(3)20-8-17(22-6-5-19(26)11-23(22)27)9-21(12-20)33-15-29-24-10-16(4-7-25(24)33)18-13-30-31(2)14-18/h4-15,28H,1-3H3. The number of benzene rings is 3. The highest BCUT2D eigenvalue weighted by Gasteiger charge is 2.19. The van der Waals surface area contributed by atoms with Crippen LogP contribution in [0.15, 0.2) is 73.3 Å². The minimum absolute atomic E-state index is 0.137. The summed E-state index contributed by atoms with van der Waals surface area (Å²) in [6.45, 7) is 0. The number of aryl methyl sites for hydroxylation is 1. The van der Waals surface area contributed by atoms with Gasteiger partial charge in [0, 0.05) is 50.2 Å². The first kappa shape index (κ1) is 23.6. The molecule has 184 valence electrons. The molecule has 0 fully saturated rings. The van der Waals surface area contributed by atoms with Crippen molar-refractivity contribution >= 4 is 26.9 Å². The average Bonchev–Trinajstić information content (AvgIpc) is 3.49. The minimum atomic E-state index is -3.83. The number of hydrogen-bond acceptors (Lipinski definition) is 4. The van der Waals surface area contributed by atoms with E-state index in [9.17, 15) is 17.2 Å². The molecule has 0 bridgehead atoms. The molecule has 0 unspecified atom stereocenters. The Kier molecular flexibility index (Phi) is 5.81. The normalized spacial score (nSPS) is 11.8. The number of halogens is 2. The van der Waals surface area contributed by atoms with Crippen LogP contribution in [-0.2, 0) is 17.3 Å². The van der Waals surface area contributed by atoms with E-state index < -0.39 is 21.8 Å². The molecule has 2 heterocycles. The summed E-state index contributed by atoms with van der Waals surface area (Å²) >= 11 is 0. The third-order valence-corrected chi connectivity index (χ3v) is 7.44. The van der Waals surface area contributed by atoms with Gasteiger partial charge in [0.2, 0.25) is 0 Å². The summed E-state index contributed by atoms with van der Waals surface area (Å²) in [7, 11) is 0.707. The Morgan fingerprint density at radius 3 is 2.47 bits per heavy atom. The Hall–Kier alpha value is -4.09. The van der Waals surface area contributed by atoms with E-state index in [1.807, 2.05) is 31.4 Å². The molecule has 5 rings (SSSR count). The Labute approximate surface area is 206 Å². The van der Waals surface area contributed by atoms with E-state index in [4.69, 9.17) is 0 Å². The predicted octanol–water partition coefficient (Wildman–Crippen LogP) is 4.27. The van der Waals surface area contributed by atoms with Crippen LogP contribution in [0.2, 0.25) is 0 Å². The third-order valence-electron chi connectivity index (χ3n) is 5.99. The van der Waals surface area contributed by atoms with Crippen LogP contribution in [0.5, 0.6) is 0 Å². The van der Waals surface area contributed by atoms with Gasteiger partial charge in [-0.05, 0) is 53.6 Å². The summed E-state index contributed by atoms with van der Waals surface area (Å²) in [6.07, 6.45) is 5.29. The zero-order valence-corrected chi connectivity index (χ0v) is 20.5. The van der Waals surface area contributed by atoms with Crippen LogP contribution < -0.4 is 9.03 Å². The lowest BCUT2D eigenvalue weighted by molar-refractivity contribution is 0.585. The van der Waals surface area contributed by atoms with Crippen LogP contribution in [0.1, 0.15) is 0 Å². The van der Waals surface area contributed by atoms with Gasteiger partial charge >= 0.3 is 10.2 Å². The molecular formula is C25H22F2N6O2S. The molecule has 0 saturated heterocycles. The van der Waals surface area contributed by atoms with E-state index in [1.165, 1.54) is 26.2 Å². The summed E-state index contributed by atoms with van der Waals surface area (Å²) in [6, 6.07) is 14.0. The molecule has 2 aromatic heterocycles. The van der Waals surface area contributed by atoms with Crippen molar-refractivity contribution in [1.82, 2.24) is 24.1 Å². The molecule has 5 aromatic rings. The minimum Gasteiger partial charge on any atom is -0.299 e. The van der Waals surface area contributed by atoms with Gasteiger partial charge in [-0.25, -0.2) is 18.5 Å². The van der Waals surface area contributed by atoms with Crippen molar-refractivity contribution in [3.63, 3.8) is 0 Å². The Morgan fingerprint density at radius 1 is 0.972 bits per heavy atom. The number of nitrogens with zero attached hydrogens (tertiary/aromatic N) is 5. The maximum Gasteiger partial charge on any atom is 0.301 e. The van der Waals surface area contributed by atoms with Crippen LogP contribution in [0.25, 0.3) is 39.0 Å². The van der Waals surface area contributed by atoms with Crippen LogP contribution in [0.4, 0.5) is 14.5 Å². The van der Waals surface area contributed by atoms with Gasteiger partial charge in [-0.3, -0.25) is 13.6 Å². The van der Waals surface area contributed by atoms with E-state index >= 15 is 0 Å². The number of nitrogens with one attached hydrogen (secondary N) is 1. The molecule has 0 aliphatic heterocycles. The third kappa shape index (κ3) is 4.23. The van der Waals surface area contributed by atoms with E-state index in [0.717, 1.165) is 33.1 Å². The zero-order valence-electron chi connectivity index (χ0n) is 19.6. The van der Waals surface area contributed by atoms with Crippen LogP contribution in [-0.4, -0.2) is 41.8 Å². The number of anilines is 1. The number of aromatic nitrogens is 4. The van der Waals surface area contributed by atoms with Crippen LogP contribution in [0.3, 0.4) is 0 Å². The Morgan fingerprint density at radius 2 is 1.78 bits per heavy atom. The van der Waals surface area contributed by atoms with E-state index in [2.05, 4.69) is 14.8 Å². The highest BCUT2D eigenvalue weighted by molar-refractivity contribution is 7.90. The lowest BCUT2D eigenvalue weighted by Gasteiger charge is -2.21. The van der Waals surface area contributed by atoms with Crippen LogP contribution >= 0.6 is 0 Å². The van der Waals surface area contributed by atoms with Crippen LogP contribution in [0, 0.1) is 11.6 Å². The van der Waals surface area contributed by atoms with Gasteiger partial charge < -0.3 is 0 Å². The molecule has 36 heavy (non-hydrogen) atoms. The fourth-order valence-electron chi connectivity index (χ4n) is 4.04. The second-order valence-electron chi connectivity index (χ2n) is 8.26. The smallest absolute Gasteiger partial charge is 0.299 e. The largest absolute Gasteiger partial charge is 0.301 e. The quantitative estimate of drug-likeness (QED) is 0.371. The molecule has 0 saturated carbocycles. The van der Waals surface area contributed by atoms with Crippen molar-refractivity contribution in [2.45, 2.75) is 0 Å². The maximum atomic E-state index is 14.7. The molecule has 1 N–H and O–H groups in total. The summed E-state index contributed by atoms with van der Waals surface area (Å²) in [4.78, 5) is 4.53. The van der Waals surface area contributed by atoms with Crippen molar-refractivity contribution in [3.05, 3.63) is 85.0 Å². The molecule has 0 amide bonds. The zero-order chi connectivity index (χ0) is 25.6. The predicted molar refractivity (Wildman–Crippen MR) is 135 cm³/mol. The number of hydrogen-bond donors (Lipinski definition) is 1. The summed E-state index contributed by atoms with van der Waals surface area (Å²) < 4.78 is 60.1. The average molecular weight is 509 g/mol. The second-order valence-corrected chi connectivity index (χ2v) is 10.2. The summed E-state index contributed by atoms with van der Waals surface area (Å²) in [5.41, 5.74) is 4.74. The molecule has 0 aliphatic carbocycles. The van der Waals surface area contributed by atoms with Gasteiger partial charge in [0.15, 0.2) is 0 Å². The number of fused-ring (bicyclic) bond motifs is 1. The highest BCUT2D eigenvalue weighted by Crippen LogP contribution is 2.33. The van der Waals surface area contributed by atoms with Crippen molar-refractivity contribution in [3.8, 4) is 27.9 Å². The van der Waals surface area contributed by atoms with Gasteiger partial charge in [-0.15, -0.1) is 0 Å². The van der Waals surface area contributed by atoms with Gasteiger partial charge in [0.05, 0.1) is 22.9 Å². The summed E-state index contributed by atoms with van der Waals surface area (Å²) in [5.74, 6) is -1.46. The summed E-state index contributed by atoms with van der Waals surface area (Å²) in [5, 5.41) is 4.21. The monoisotopic (exact) mass is 508 g/mol. The number of rotatable bonds is 6. The fourth-order valence-corrected chi connectivity index (χ4v) is 4.70. The Bertz CT molecular complexity index is 1710. The molecule has 0 radical (unpaired) electrons. The second kappa shape index (κ2) is 8.85. The van der Waals surface area contributed by atoms with Crippen molar-refractivity contribution in [2.75, 3.05) is 18.4 Å². The van der Waals surface area contributed by atoms with Gasteiger partial charge in [0.1, 0.15) is 18.0 Å². The molecule has 0 atom stereocenters. The van der Waals surface area contributed by atoms with Crippen molar-refractivity contribution in [2.24, 2.45) is 7.05 Å². The molecule has 3 aromatic carbocycles. The van der Waals surface area contributed by atoms with Crippen molar-refractivity contribution < 1.29 is 17.2 Å². The number of imidazole rings is 1. The molecule has 0 spiro atoms. The lowest BCUT2D eigenvalue weighted by atomic mass is 10.0.